The van der Waals surface area contributed by atoms with Crippen molar-refractivity contribution in [1.82, 2.24) is 5.32 Å². The van der Waals surface area contributed by atoms with Gasteiger partial charge in [0, 0.05) is 0 Å². The molecule has 2 rings (SSSR count). The predicted molar refractivity (Wildman–Crippen MR) is 103 cm³/mol. The van der Waals surface area contributed by atoms with Crippen molar-refractivity contribution >= 4 is 5.91 Å². The van der Waals surface area contributed by atoms with Crippen LogP contribution in [0.5, 0.6) is 5.75 Å². The first kappa shape index (κ1) is 19.0. The lowest BCUT2D eigenvalue weighted by molar-refractivity contribution is -0.124. The second kappa shape index (κ2) is 8.70. The van der Waals surface area contributed by atoms with E-state index < -0.39 is 0 Å². The Morgan fingerprint density at radius 2 is 1.76 bits per heavy atom. The van der Waals surface area contributed by atoms with Crippen LogP contribution in [0.2, 0.25) is 0 Å². The van der Waals surface area contributed by atoms with Crippen LogP contribution in [0.15, 0.2) is 42.5 Å². The Balaban J connectivity index is 2.02. The molecular weight excluding hydrogens is 310 g/mol. The molecule has 1 atom stereocenters. The average Bonchev–Trinajstić information content (AvgIpc) is 2.56. The molecule has 0 saturated carbocycles. The van der Waals surface area contributed by atoms with Crippen LogP contribution in [0.4, 0.5) is 0 Å². The van der Waals surface area contributed by atoms with Gasteiger partial charge < -0.3 is 10.1 Å². The first-order chi connectivity index (χ1) is 11.9. The Bertz CT molecular complexity index is 707. The van der Waals surface area contributed by atoms with Crippen LogP contribution in [-0.4, -0.2) is 12.5 Å². The third kappa shape index (κ3) is 5.63. The highest BCUT2D eigenvalue weighted by atomic mass is 16.5. The molecule has 0 bridgehead atoms. The van der Waals surface area contributed by atoms with Gasteiger partial charge in [-0.15, -0.1) is 0 Å². The second-order valence-electron chi connectivity index (χ2n) is 7.15. The van der Waals surface area contributed by atoms with E-state index in [1.54, 1.807) is 0 Å². The molecule has 1 N–H and O–H groups in total. The molecule has 2 aromatic rings. The fourth-order valence-electron chi connectivity index (χ4n) is 2.97. The van der Waals surface area contributed by atoms with E-state index in [1.807, 2.05) is 38.1 Å². The van der Waals surface area contributed by atoms with Crippen molar-refractivity contribution in [3.8, 4) is 5.75 Å². The van der Waals surface area contributed by atoms with Gasteiger partial charge in [-0.05, 0) is 61.4 Å². The van der Waals surface area contributed by atoms with Crippen molar-refractivity contribution in [2.45, 2.75) is 47.1 Å². The zero-order valence-corrected chi connectivity index (χ0v) is 15.9. The van der Waals surface area contributed by atoms with E-state index in [2.05, 4.69) is 44.3 Å². The molecule has 3 nitrogen and oxygen atoms in total. The number of carbonyl (C=O) groups excluding carboxylic acids is 1. The molecule has 2 aromatic carbocycles. The third-order valence-electron chi connectivity index (χ3n) is 4.37. The molecule has 0 aliphatic heterocycles. The largest absolute Gasteiger partial charge is 0.483 e. The second-order valence-corrected chi connectivity index (χ2v) is 7.15. The Hall–Kier alpha value is -2.29. The number of hydrogen-bond donors (Lipinski definition) is 1. The molecule has 0 spiro atoms. The highest BCUT2D eigenvalue weighted by Gasteiger charge is 2.16. The van der Waals surface area contributed by atoms with Crippen LogP contribution in [0.3, 0.4) is 0 Å². The van der Waals surface area contributed by atoms with Gasteiger partial charge >= 0.3 is 0 Å². The van der Waals surface area contributed by atoms with Gasteiger partial charge in [0.1, 0.15) is 5.75 Å². The smallest absolute Gasteiger partial charge is 0.258 e. The fraction of sp³-hybridized carbons (Fsp3) is 0.409. The molecule has 0 aliphatic carbocycles. The zero-order valence-electron chi connectivity index (χ0n) is 15.9. The van der Waals surface area contributed by atoms with E-state index in [0.29, 0.717) is 5.92 Å². The number of rotatable bonds is 7. The van der Waals surface area contributed by atoms with E-state index in [4.69, 9.17) is 4.74 Å². The molecule has 0 fully saturated rings. The van der Waals surface area contributed by atoms with E-state index in [-0.39, 0.29) is 18.6 Å². The van der Waals surface area contributed by atoms with Gasteiger partial charge in [0.05, 0.1) is 6.04 Å². The summed E-state index contributed by atoms with van der Waals surface area (Å²) in [4.78, 5) is 12.4. The summed E-state index contributed by atoms with van der Waals surface area (Å²) in [6, 6.07) is 14.2. The molecule has 0 heterocycles. The maximum absolute atomic E-state index is 12.4. The van der Waals surface area contributed by atoms with Gasteiger partial charge in [-0.25, -0.2) is 0 Å². The summed E-state index contributed by atoms with van der Waals surface area (Å²) in [6.45, 7) is 10.5. The average molecular weight is 339 g/mol. The van der Waals surface area contributed by atoms with Gasteiger partial charge in [-0.2, -0.15) is 0 Å². The number of aryl methyl sites for hydroxylation is 2. The molecule has 0 unspecified atom stereocenters. The fourth-order valence-corrected chi connectivity index (χ4v) is 2.97. The molecule has 1 amide bonds. The van der Waals surface area contributed by atoms with Crippen LogP contribution in [0.25, 0.3) is 0 Å². The topological polar surface area (TPSA) is 38.3 Å². The van der Waals surface area contributed by atoms with Crippen molar-refractivity contribution in [2.24, 2.45) is 5.92 Å². The van der Waals surface area contributed by atoms with E-state index in [0.717, 1.165) is 28.9 Å². The molecule has 25 heavy (non-hydrogen) atoms. The summed E-state index contributed by atoms with van der Waals surface area (Å²) in [5.74, 6) is 1.19. The minimum atomic E-state index is -0.0898. The lowest BCUT2D eigenvalue weighted by Crippen LogP contribution is -2.33. The predicted octanol–water partition coefficient (Wildman–Crippen LogP) is 4.89. The number of nitrogens with one attached hydrogen (secondary N) is 1. The van der Waals surface area contributed by atoms with E-state index in [1.165, 1.54) is 5.56 Å². The summed E-state index contributed by atoms with van der Waals surface area (Å²) in [5, 5.41) is 3.12. The lowest BCUT2D eigenvalue weighted by atomic mass is 9.97. The van der Waals surface area contributed by atoms with Crippen LogP contribution in [0.1, 0.15) is 48.6 Å². The van der Waals surface area contributed by atoms with Gasteiger partial charge in [-0.3, -0.25) is 4.79 Å². The highest BCUT2D eigenvalue weighted by Crippen LogP contribution is 2.24. The quantitative estimate of drug-likeness (QED) is 0.779. The number of hydrogen-bond acceptors (Lipinski definition) is 2. The Morgan fingerprint density at radius 1 is 1.08 bits per heavy atom. The first-order valence-corrected chi connectivity index (χ1v) is 8.91. The van der Waals surface area contributed by atoms with E-state index in [9.17, 15) is 4.79 Å². The summed E-state index contributed by atoms with van der Waals surface area (Å²) >= 11 is 0. The van der Waals surface area contributed by atoms with Crippen LogP contribution >= 0.6 is 0 Å². The zero-order chi connectivity index (χ0) is 18.4. The normalized spacial score (nSPS) is 12.1. The molecular formula is C22H29NO2. The van der Waals surface area contributed by atoms with Crippen molar-refractivity contribution in [2.75, 3.05) is 6.61 Å². The Kier molecular flexibility index (Phi) is 6.63. The summed E-state index contributed by atoms with van der Waals surface area (Å²) in [5.41, 5.74) is 4.53. The minimum Gasteiger partial charge on any atom is -0.483 e. The standard InChI is InChI=1S/C22H29NO2/c1-15(2)11-20(19-9-7-6-8-10-19)23-22(24)14-25-21-13-16(3)12-17(4)18(21)5/h6-10,12-13,15,20H,11,14H2,1-5H3,(H,23,24)/t20-/m0/s1. The minimum absolute atomic E-state index is 0.0117. The number of carbonyl (C=O) groups is 1. The van der Waals surface area contributed by atoms with E-state index >= 15 is 0 Å². The van der Waals surface area contributed by atoms with Gasteiger partial charge in [-0.1, -0.05) is 50.2 Å². The molecule has 3 heteroatoms. The number of ether oxygens (including phenoxy) is 1. The maximum Gasteiger partial charge on any atom is 0.258 e. The SMILES string of the molecule is Cc1cc(C)c(C)c(OCC(=O)N[C@@H](CC(C)C)c2ccccc2)c1. The van der Waals surface area contributed by atoms with Crippen LogP contribution in [0, 0.1) is 26.7 Å². The van der Waals surface area contributed by atoms with Crippen LogP contribution < -0.4 is 10.1 Å². The van der Waals surface area contributed by atoms with Crippen molar-refractivity contribution in [3.63, 3.8) is 0 Å². The monoisotopic (exact) mass is 339 g/mol. The highest BCUT2D eigenvalue weighted by molar-refractivity contribution is 5.78. The summed E-state index contributed by atoms with van der Waals surface area (Å²) in [7, 11) is 0. The van der Waals surface area contributed by atoms with Gasteiger partial charge in [0.15, 0.2) is 6.61 Å². The van der Waals surface area contributed by atoms with Crippen LogP contribution in [-0.2, 0) is 4.79 Å². The molecule has 0 radical (unpaired) electrons. The lowest BCUT2D eigenvalue weighted by Gasteiger charge is -2.21. The van der Waals surface area contributed by atoms with Crippen molar-refractivity contribution in [1.29, 1.82) is 0 Å². The van der Waals surface area contributed by atoms with Gasteiger partial charge in [0.2, 0.25) is 0 Å². The number of amides is 1. The first-order valence-electron chi connectivity index (χ1n) is 8.91. The van der Waals surface area contributed by atoms with Gasteiger partial charge in [0.25, 0.3) is 5.91 Å². The van der Waals surface area contributed by atoms with Crippen molar-refractivity contribution in [3.05, 3.63) is 64.7 Å². The Labute approximate surface area is 151 Å². The molecule has 0 aliphatic rings. The summed E-state index contributed by atoms with van der Waals surface area (Å²) < 4.78 is 5.79. The molecule has 0 aromatic heterocycles. The number of benzene rings is 2. The maximum atomic E-state index is 12.4. The Morgan fingerprint density at radius 3 is 2.40 bits per heavy atom. The van der Waals surface area contributed by atoms with Crippen molar-refractivity contribution < 1.29 is 9.53 Å². The molecule has 134 valence electrons. The molecule has 0 saturated heterocycles. The third-order valence-corrected chi connectivity index (χ3v) is 4.37. The summed E-state index contributed by atoms with van der Waals surface area (Å²) in [6.07, 6.45) is 0.901.